The van der Waals surface area contributed by atoms with Gasteiger partial charge in [-0.3, -0.25) is 4.79 Å². The van der Waals surface area contributed by atoms with Crippen molar-refractivity contribution in [3.63, 3.8) is 0 Å². The molecule has 1 aliphatic rings. The Bertz CT molecular complexity index is 844. The molecular formula is C18H17N5OS. The lowest BCUT2D eigenvalue weighted by Gasteiger charge is -2.34. The maximum absolute atomic E-state index is 12.4. The van der Waals surface area contributed by atoms with Crippen LogP contribution >= 0.6 is 11.5 Å². The number of hydrogen-bond acceptors (Lipinski definition) is 7. The summed E-state index contributed by atoms with van der Waals surface area (Å²) in [5.74, 6) is 1.15. The van der Waals surface area contributed by atoms with Gasteiger partial charge in [-0.05, 0) is 12.1 Å². The van der Waals surface area contributed by atoms with Crippen LogP contribution in [0, 0.1) is 0 Å². The number of carbonyl (C=O) groups is 1. The van der Waals surface area contributed by atoms with E-state index in [0.717, 1.165) is 37.1 Å². The molecule has 6 nitrogen and oxygen atoms in total. The maximum Gasteiger partial charge on any atom is 0.231 e. The Balaban J connectivity index is 1.43. The zero-order chi connectivity index (χ0) is 17.1. The molecule has 0 radical (unpaired) electrons. The highest BCUT2D eigenvalue weighted by atomic mass is 32.1. The molecule has 0 N–H and O–H groups in total. The van der Waals surface area contributed by atoms with Crippen LogP contribution in [0.2, 0.25) is 0 Å². The third kappa shape index (κ3) is 3.36. The van der Waals surface area contributed by atoms with Gasteiger partial charge in [0.2, 0.25) is 16.7 Å². The average molecular weight is 351 g/mol. The standard InChI is InChI=1S/C18H17N5OS/c24-16(14-6-2-1-3-7-14)17-20-18(25-21-17)23-12-10-22(11-13-23)15-8-4-5-9-19-15/h1-9H,10-13H2. The third-order valence-electron chi connectivity index (χ3n) is 4.18. The van der Waals surface area contributed by atoms with E-state index in [9.17, 15) is 4.79 Å². The minimum absolute atomic E-state index is 0.129. The van der Waals surface area contributed by atoms with E-state index in [2.05, 4.69) is 24.1 Å². The van der Waals surface area contributed by atoms with Gasteiger partial charge in [-0.25, -0.2) is 4.98 Å². The van der Waals surface area contributed by atoms with Gasteiger partial charge in [-0.1, -0.05) is 36.4 Å². The molecule has 3 heterocycles. The topological polar surface area (TPSA) is 62.2 Å². The molecular weight excluding hydrogens is 334 g/mol. The first-order valence-electron chi connectivity index (χ1n) is 8.15. The minimum atomic E-state index is -0.129. The molecule has 0 unspecified atom stereocenters. The van der Waals surface area contributed by atoms with E-state index in [1.165, 1.54) is 11.5 Å². The highest BCUT2D eigenvalue weighted by Crippen LogP contribution is 2.22. The van der Waals surface area contributed by atoms with Gasteiger partial charge in [0.05, 0.1) is 0 Å². The van der Waals surface area contributed by atoms with Gasteiger partial charge in [-0.15, -0.1) is 0 Å². The van der Waals surface area contributed by atoms with Crippen molar-refractivity contribution in [2.45, 2.75) is 0 Å². The Morgan fingerprint density at radius 1 is 0.920 bits per heavy atom. The molecule has 0 bridgehead atoms. The van der Waals surface area contributed by atoms with Crippen LogP contribution in [0.25, 0.3) is 0 Å². The molecule has 0 amide bonds. The summed E-state index contributed by atoms with van der Waals surface area (Å²) >= 11 is 1.29. The first-order chi connectivity index (χ1) is 12.3. The first kappa shape index (κ1) is 15.7. The largest absolute Gasteiger partial charge is 0.353 e. The number of piperazine rings is 1. The molecule has 1 aromatic carbocycles. The lowest BCUT2D eigenvalue weighted by atomic mass is 10.1. The van der Waals surface area contributed by atoms with E-state index in [4.69, 9.17) is 0 Å². The number of ketones is 1. The van der Waals surface area contributed by atoms with E-state index in [-0.39, 0.29) is 11.6 Å². The molecule has 4 rings (SSSR count). The van der Waals surface area contributed by atoms with Crippen molar-refractivity contribution in [3.8, 4) is 0 Å². The number of nitrogens with zero attached hydrogens (tertiary/aromatic N) is 5. The fourth-order valence-corrected chi connectivity index (χ4v) is 3.54. The van der Waals surface area contributed by atoms with Crippen molar-refractivity contribution < 1.29 is 4.79 Å². The highest BCUT2D eigenvalue weighted by molar-refractivity contribution is 7.09. The SMILES string of the molecule is O=C(c1ccccc1)c1nsc(N2CCN(c3ccccn3)CC2)n1. The van der Waals surface area contributed by atoms with E-state index in [0.29, 0.717) is 5.56 Å². The molecule has 1 saturated heterocycles. The molecule has 25 heavy (non-hydrogen) atoms. The second-order valence-corrected chi connectivity index (χ2v) is 6.49. The van der Waals surface area contributed by atoms with E-state index < -0.39 is 0 Å². The number of aromatic nitrogens is 3. The van der Waals surface area contributed by atoms with Gasteiger partial charge < -0.3 is 9.80 Å². The van der Waals surface area contributed by atoms with Crippen LogP contribution in [0.1, 0.15) is 16.2 Å². The van der Waals surface area contributed by atoms with Crippen LogP contribution in [0.3, 0.4) is 0 Å². The van der Waals surface area contributed by atoms with Crippen molar-refractivity contribution >= 4 is 28.3 Å². The summed E-state index contributed by atoms with van der Waals surface area (Å²) in [7, 11) is 0. The average Bonchev–Trinajstić information content (AvgIpc) is 3.19. The molecule has 0 spiro atoms. The molecule has 0 saturated carbocycles. The minimum Gasteiger partial charge on any atom is -0.353 e. The van der Waals surface area contributed by atoms with Crippen LogP contribution in [0.4, 0.5) is 10.9 Å². The molecule has 1 aliphatic heterocycles. The molecule has 2 aromatic heterocycles. The summed E-state index contributed by atoms with van der Waals surface area (Å²) in [4.78, 5) is 25.7. The molecule has 0 aliphatic carbocycles. The number of pyridine rings is 1. The van der Waals surface area contributed by atoms with Crippen LogP contribution in [-0.4, -0.2) is 46.3 Å². The van der Waals surface area contributed by atoms with Gasteiger partial charge in [0.25, 0.3) is 0 Å². The zero-order valence-corrected chi connectivity index (χ0v) is 14.4. The first-order valence-corrected chi connectivity index (χ1v) is 8.93. The summed E-state index contributed by atoms with van der Waals surface area (Å²) in [5.41, 5.74) is 0.617. The summed E-state index contributed by atoms with van der Waals surface area (Å²) < 4.78 is 4.26. The van der Waals surface area contributed by atoms with Gasteiger partial charge in [0.15, 0.2) is 0 Å². The molecule has 7 heteroatoms. The van der Waals surface area contributed by atoms with Crippen molar-refractivity contribution in [3.05, 3.63) is 66.1 Å². The molecule has 1 fully saturated rings. The van der Waals surface area contributed by atoms with Gasteiger partial charge in [0, 0.05) is 49.5 Å². The predicted molar refractivity (Wildman–Crippen MR) is 98.4 cm³/mol. The van der Waals surface area contributed by atoms with Gasteiger partial charge in [0.1, 0.15) is 5.82 Å². The predicted octanol–water partition coefficient (Wildman–Crippen LogP) is 2.49. The van der Waals surface area contributed by atoms with E-state index >= 15 is 0 Å². The lowest BCUT2D eigenvalue weighted by molar-refractivity contribution is 0.103. The second kappa shape index (κ2) is 6.98. The van der Waals surface area contributed by atoms with Crippen molar-refractivity contribution in [1.29, 1.82) is 0 Å². The summed E-state index contributed by atoms with van der Waals surface area (Å²) in [5, 5.41) is 0.806. The Hall–Kier alpha value is -2.80. The van der Waals surface area contributed by atoms with Crippen LogP contribution in [0.5, 0.6) is 0 Å². The smallest absolute Gasteiger partial charge is 0.231 e. The van der Waals surface area contributed by atoms with E-state index in [1.54, 1.807) is 12.1 Å². The Labute approximate surface area is 149 Å². The number of carbonyl (C=O) groups excluding carboxylic acids is 1. The molecule has 0 atom stereocenters. The summed E-state index contributed by atoms with van der Waals surface area (Å²) in [6.07, 6.45) is 1.81. The number of hydrogen-bond donors (Lipinski definition) is 0. The summed E-state index contributed by atoms with van der Waals surface area (Å²) in [6.45, 7) is 3.42. The van der Waals surface area contributed by atoms with Crippen molar-refractivity contribution in [2.24, 2.45) is 0 Å². The number of rotatable bonds is 4. The maximum atomic E-state index is 12.4. The Kier molecular flexibility index (Phi) is 4.39. The fourth-order valence-electron chi connectivity index (χ4n) is 2.82. The zero-order valence-electron chi connectivity index (χ0n) is 13.6. The van der Waals surface area contributed by atoms with E-state index in [1.807, 2.05) is 42.6 Å². The second-order valence-electron chi connectivity index (χ2n) is 5.76. The van der Waals surface area contributed by atoms with Crippen molar-refractivity contribution in [1.82, 2.24) is 14.3 Å². The fraction of sp³-hybridized carbons (Fsp3) is 0.222. The van der Waals surface area contributed by atoms with Crippen LogP contribution in [-0.2, 0) is 0 Å². The number of benzene rings is 1. The monoisotopic (exact) mass is 351 g/mol. The quantitative estimate of drug-likeness (QED) is 0.673. The van der Waals surface area contributed by atoms with Gasteiger partial charge >= 0.3 is 0 Å². The normalized spacial score (nSPS) is 14.6. The Morgan fingerprint density at radius 3 is 2.36 bits per heavy atom. The highest BCUT2D eigenvalue weighted by Gasteiger charge is 2.22. The third-order valence-corrected chi connectivity index (χ3v) is 4.95. The molecule has 3 aromatic rings. The lowest BCUT2D eigenvalue weighted by Crippen LogP contribution is -2.46. The summed E-state index contributed by atoms with van der Waals surface area (Å²) in [6, 6.07) is 15.1. The molecule has 126 valence electrons. The number of anilines is 2. The van der Waals surface area contributed by atoms with Crippen molar-refractivity contribution in [2.75, 3.05) is 36.0 Å². The Morgan fingerprint density at radius 2 is 1.64 bits per heavy atom. The van der Waals surface area contributed by atoms with Crippen LogP contribution < -0.4 is 9.80 Å². The van der Waals surface area contributed by atoms with Gasteiger partial charge in [-0.2, -0.15) is 9.36 Å². The van der Waals surface area contributed by atoms with Crippen LogP contribution in [0.15, 0.2) is 54.7 Å².